The number of methoxy groups -OCH3 is 1. The molecule has 1 aromatic carbocycles. The molecular formula is C11H15BF3KO3. The Balaban J connectivity index is 0.00000324. The van der Waals surface area contributed by atoms with Gasteiger partial charge in [-0.05, 0) is 12.1 Å². The number of benzene rings is 1. The maximum absolute atomic E-state index is 12.5. The van der Waals surface area contributed by atoms with E-state index in [1.54, 1.807) is 7.11 Å². The Bertz CT molecular complexity index is 363. The van der Waals surface area contributed by atoms with Crippen LogP contribution in [0.3, 0.4) is 0 Å². The molecule has 0 N–H and O–H groups in total. The second-order valence-corrected chi connectivity index (χ2v) is 3.60. The van der Waals surface area contributed by atoms with Crippen LogP contribution in [0.25, 0.3) is 0 Å². The second kappa shape index (κ2) is 10.2. The van der Waals surface area contributed by atoms with E-state index in [9.17, 15) is 12.9 Å². The summed E-state index contributed by atoms with van der Waals surface area (Å²) in [5.41, 5.74) is -0.659. The third-order valence-corrected chi connectivity index (χ3v) is 2.16. The molecule has 8 heteroatoms. The monoisotopic (exact) mass is 302 g/mol. The summed E-state index contributed by atoms with van der Waals surface area (Å²) in [4.78, 5) is 0. The summed E-state index contributed by atoms with van der Waals surface area (Å²) in [6.07, 6.45) is 0. The molecule has 0 aromatic heterocycles. The molecule has 0 saturated heterocycles. The first kappa shape index (κ1) is 19.4. The summed E-state index contributed by atoms with van der Waals surface area (Å²) in [5, 5.41) is 0. The van der Waals surface area contributed by atoms with Crippen molar-refractivity contribution in [2.75, 3.05) is 33.5 Å². The quantitative estimate of drug-likeness (QED) is 0.445. The molecule has 0 radical (unpaired) electrons. The Morgan fingerprint density at radius 1 is 1.05 bits per heavy atom. The number of rotatable bonds is 8. The molecule has 3 nitrogen and oxygen atoms in total. The third-order valence-electron chi connectivity index (χ3n) is 2.16. The van der Waals surface area contributed by atoms with Crippen molar-refractivity contribution < 1.29 is 78.5 Å². The van der Waals surface area contributed by atoms with Crippen LogP contribution in [0.1, 0.15) is 0 Å². The van der Waals surface area contributed by atoms with Crippen molar-refractivity contribution in [1.82, 2.24) is 0 Å². The fraction of sp³-hybridized carbons (Fsp3) is 0.455. The van der Waals surface area contributed by atoms with Crippen molar-refractivity contribution in [3.63, 3.8) is 0 Å². The van der Waals surface area contributed by atoms with Gasteiger partial charge in [0.15, 0.2) is 0 Å². The van der Waals surface area contributed by atoms with Crippen LogP contribution in [0.4, 0.5) is 12.9 Å². The number of halogens is 3. The van der Waals surface area contributed by atoms with Crippen molar-refractivity contribution in [2.45, 2.75) is 0 Å². The molecule has 102 valence electrons. The zero-order valence-corrected chi connectivity index (χ0v) is 14.2. The van der Waals surface area contributed by atoms with Gasteiger partial charge in [-0.25, -0.2) is 0 Å². The van der Waals surface area contributed by atoms with Gasteiger partial charge in [0.2, 0.25) is 0 Å². The van der Waals surface area contributed by atoms with Gasteiger partial charge < -0.3 is 27.2 Å². The van der Waals surface area contributed by atoms with Gasteiger partial charge in [-0.2, -0.15) is 0 Å². The molecular weight excluding hydrogens is 287 g/mol. The molecule has 0 bridgehead atoms. The first-order chi connectivity index (χ1) is 8.54. The molecule has 0 fully saturated rings. The van der Waals surface area contributed by atoms with Crippen molar-refractivity contribution in [1.29, 1.82) is 0 Å². The molecule has 0 saturated carbocycles. The molecule has 19 heavy (non-hydrogen) atoms. The van der Waals surface area contributed by atoms with E-state index in [1.165, 1.54) is 12.1 Å². The Hall–Kier alpha value is 0.431. The van der Waals surface area contributed by atoms with E-state index in [-0.39, 0.29) is 63.7 Å². The van der Waals surface area contributed by atoms with E-state index in [0.717, 1.165) is 12.1 Å². The predicted molar refractivity (Wildman–Crippen MR) is 63.3 cm³/mol. The van der Waals surface area contributed by atoms with Gasteiger partial charge in [0.05, 0.1) is 19.8 Å². The third kappa shape index (κ3) is 8.34. The van der Waals surface area contributed by atoms with Crippen LogP contribution in [-0.4, -0.2) is 40.5 Å². The first-order valence-electron chi connectivity index (χ1n) is 5.53. The molecule has 0 atom stereocenters. The molecule has 0 aliphatic heterocycles. The zero-order chi connectivity index (χ0) is 13.4. The molecule has 0 aliphatic rings. The fourth-order valence-electron chi connectivity index (χ4n) is 1.27. The van der Waals surface area contributed by atoms with Gasteiger partial charge >= 0.3 is 58.4 Å². The van der Waals surface area contributed by atoms with Crippen LogP contribution >= 0.6 is 0 Å². The topological polar surface area (TPSA) is 27.7 Å². The van der Waals surface area contributed by atoms with Gasteiger partial charge in [-0.1, -0.05) is 12.1 Å². The van der Waals surface area contributed by atoms with Crippen molar-refractivity contribution in [2.24, 2.45) is 0 Å². The Labute approximate surface area is 153 Å². The molecule has 1 rings (SSSR count). The van der Waals surface area contributed by atoms with E-state index in [0.29, 0.717) is 19.8 Å². The van der Waals surface area contributed by atoms with Gasteiger partial charge in [0, 0.05) is 7.11 Å². The van der Waals surface area contributed by atoms with Crippen LogP contribution in [0.15, 0.2) is 24.3 Å². The normalized spacial score (nSPS) is 10.9. The standard InChI is InChI=1S/C11H15BF3O3.K/c1-16-5-6-17-7-8-18-11-4-2-3-10(9-11)12(13,14)15;/h2-4,9H,5-8H2,1H3;/q-1;+1. The van der Waals surface area contributed by atoms with E-state index in [1.807, 2.05) is 0 Å². The molecule has 0 amide bonds. The van der Waals surface area contributed by atoms with E-state index in [4.69, 9.17) is 14.2 Å². The average molecular weight is 302 g/mol. The maximum Gasteiger partial charge on any atom is 1.00 e. The number of ether oxygens (including phenoxy) is 3. The van der Waals surface area contributed by atoms with Crippen LogP contribution in [0.5, 0.6) is 5.75 Å². The van der Waals surface area contributed by atoms with E-state index < -0.39 is 12.4 Å². The smallest absolute Gasteiger partial charge is 0.491 e. The summed E-state index contributed by atoms with van der Waals surface area (Å²) in [7, 11) is 1.56. The summed E-state index contributed by atoms with van der Waals surface area (Å²) in [6.45, 7) is -3.55. The molecule has 0 aliphatic carbocycles. The number of hydrogen-bond donors (Lipinski definition) is 0. The minimum Gasteiger partial charge on any atom is -0.491 e. The maximum atomic E-state index is 12.5. The van der Waals surface area contributed by atoms with Crippen LogP contribution < -0.4 is 61.6 Å². The fourth-order valence-corrected chi connectivity index (χ4v) is 1.27. The van der Waals surface area contributed by atoms with E-state index >= 15 is 0 Å². The Kier molecular flexibility index (Phi) is 10.4. The van der Waals surface area contributed by atoms with Crippen molar-refractivity contribution >= 4 is 12.4 Å². The van der Waals surface area contributed by atoms with Gasteiger partial charge in [0.25, 0.3) is 0 Å². The minimum atomic E-state index is -4.98. The summed E-state index contributed by atoms with van der Waals surface area (Å²) < 4.78 is 52.5. The summed E-state index contributed by atoms with van der Waals surface area (Å²) >= 11 is 0. The SMILES string of the molecule is COCCOCCOc1cccc([B-](F)(F)F)c1.[K+]. The first-order valence-corrected chi connectivity index (χ1v) is 5.53. The van der Waals surface area contributed by atoms with Crippen LogP contribution in [-0.2, 0) is 9.47 Å². The van der Waals surface area contributed by atoms with Crippen LogP contribution in [0, 0.1) is 0 Å². The summed E-state index contributed by atoms with van der Waals surface area (Å²) in [5.74, 6) is 0.196. The summed E-state index contributed by atoms with van der Waals surface area (Å²) in [6, 6.07) is 4.84. The average Bonchev–Trinajstić information content (AvgIpc) is 2.33. The van der Waals surface area contributed by atoms with Gasteiger partial charge in [-0.15, -0.1) is 5.46 Å². The number of hydrogen-bond acceptors (Lipinski definition) is 3. The molecule has 0 unspecified atom stereocenters. The van der Waals surface area contributed by atoms with Crippen molar-refractivity contribution in [3.8, 4) is 5.75 Å². The van der Waals surface area contributed by atoms with E-state index in [2.05, 4.69) is 0 Å². The largest absolute Gasteiger partial charge is 1.00 e. The molecule has 0 heterocycles. The van der Waals surface area contributed by atoms with Gasteiger partial charge in [0.1, 0.15) is 12.4 Å². The molecule has 0 spiro atoms. The van der Waals surface area contributed by atoms with Gasteiger partial charge in [-0.3, -0.25) is 0 Å². The molecule has 1 aromatic rings. The predicted octanol–water partition coefficient (Wildman–Crippen LogP) is -1.21. The second-order valence-electron chi connectivity index (χ2n) is 3.60. The van der Waals surface area contributed by atoms with Crippen LogP contribution in [0.2, 0.25) is 0 Å². The zero-order valence-electron chi connectivity index (χ0n) is 11.1. The Morgan fingerprint density at radius 3 is 2.37 bits per heavy atom. The van der Waals surface area contributed by atoms with Crippen molar-refractivity contribution in [3.05, 3.63) is 24.3 Å². The Morgan fingerprint density at radius 2 is 1.74 bits per heavy atom. The minimum absolute atomic E-state index is 0.